The molecule has 1 fully saturated rings. The van der Waals surface area contributed by atoms with Crippen molar-refractivity contribution in [1.82, 2.24) is 19.9 Å². The van der Waals surface area contributed by atoms with E-state index < -0.39 is 0 Å². The van der Waals surface area contributed by atoms with Crippen molar-refractivity contribution in [2.75, 3.05) is 31.1 Å². The van der Waals surface area contributed by atoms with Gasteiger partial charge in [0.2, 0.25) is 5.95 Å². The van der Waals surface area contributed by atoms with Crippen LogP contribution in [-0.2, 0) is 0 Å². The van der Waals surface area contributed by atoms with Gasteiger partial charge in [-0.3, -0.25) is 4.79 Å². The van der Waals surface area contributed by atoms with E-state index in [9.17, 15) is 4.79 Å². The van der Waals surface area contributed by atoms with Crippen molar-refractivity contribution < 1.29 is 4.79 Å². The molecular weight excluding hydrogens is 326 g/mol. The Kier molecular flexibility index (Phi) is 3.82. The number of aromatic nitrogens is 3. The van der Waals surface area contributed by atoms with Crippen molar-refractivity contribution in [3.05, 3.63) is 53.3 Å². The molecule has 1 saturated heterocycles. The van der Waals surface area contributed by atoms with Gasteiger partial charge in [-0.1, -0.05) is 23.7 Å². The number of para-hydroxylation sites is 2. The van der Waals surface area contributed by atoms with Gasteiger partial charge in [0, 0.05) is 32.4 Å². The molecule has 1 amide bonds. The molecule has 0 bridgehead atoms. The molecule has 4 rings (SSSR count). The lowest BCUT2D eigenvalue weighted by Gasteiger charge is -2.34. The largest absolute Gasteiger partial charge is 0.339 e. The molecule has 1 aliphatic rings. The highest BCUT2D eigenvalue weighted by atomic mass is 35.5. The highest BCUT2D eigenvalue weighted by Crippen LogP contribution is 2.19. The number of piperazine rings is 1. The van der Waals surface area contributed by atoms with Crippen molar-refractivity contribution in [3.8, 4) is 0 Å². The zero-order chi connectivity index (χ0) is 16.5. The molecule has 1 N–H and O–H groups in total. The average molecular weight is 342 g/mol. The number of carbonyl (C=O) groups is 1. The zero-order valence-electron chi connectivity index (χ0n) is 12.9. The molecular formula is C17H16ClN5O. The topological polar surface area (TPSA) is 65.1 Å². The molecule has 0 atom stereocenters. The number of carbonyl (C=O) groups excluding carboxylic acids is 1. The minimum absolute atomic E-state index is 0.0593. The van der Waals surface area contributed by atoms with Crippen molar-refractivity contribution in [2.45, 2.75) is 0 Å². The number of pyridine rings is 1. The van der Waals surface area contributed by atoms with Gasteiger partial charge in [-0.2, -0.15) is 0 Å². The Morgan fingerprint density at radius 2 is 1.88 bits per heavy atom. The van der Waals surface area contributed by atoms with Crippen LogP contribution in [0.5, 0.6) is 0 Å². The van der Waals surface area contributed by atoms with Crippen molar-refractivity contribution in [3.63, 3.8) is 0 Å². The molecule has 0 saturated carbocycles. The summed E-state index contributed by atoms with van der Waals surface area (Å²) in [6.07, 6.45) is 1.50. The third-order valence-corrected chi connectivity index (χ3v) is 4.41. The van der Waals surface area contributed by atoms with Gasteiger partial charge in [-0.15, -0.1) is 0 Å². The molecule has 0 aliphatic carbocycles. The first-order valence-electron chi connectivity index (χ1n) is 7.81. The van der Waals surface area contributed by atoms with Crippen molar-refractivity contribution >= 4 is 34.5 Å². The van der Waals surface area contributed by atoms with Crippen LogP contribution >= 0.6 is 11.6 Å². The Morgan fingerprint density at radius 1 is 1.08 bits per heavy atom. The molecule has 3 heterocycles. The second-order valence-electron chi connectivity index (χ2n) is 5.72. The summed E-state index contributed by atoms with van der Waals surface area (Å²) < 4.78 is 0. The smallest absolute Gasteiger partial charge is 0.272 e. The van der Waals surface area contributed by atoms with Gasteiger partial charge >= 0.3 is 0 Å². The number of imidazole rings is 1. The Bertz CT molecular complexity index is 835. The van der Waals surface area contributed by atoms with E-state index in [-0.39, 0.29) is 5.91 Å². The fourth-order valence-electron chi connectivity index (χ4n) is 2.87. The van der Waals surface area contributed by atoms with Gasteiger partial charge in [0.05, 0.1) is 16.1 Å². The molecule has 1 aromatic carbocycles. The van der Waals surface area contributed by atoms with E-state index in [2.05, 4.69) is 19.9 Å². The van der Waals surface area contributed by atoms with Crippen LogP contribution in [-0.4, -0.2) is 51.9 Å². The molecule has 0 unspecified atom stereocenters. The van der Waals surface area contributed by atoms with Gasteiger partial charge in [0.15, 0.2) is 0 Å². The molecule has 1 aliphatic heterocycles. The Hall–Kier alpha value is -2.60. The number of fused-ring (bicyclic) bond motifs is 1. The first-order chi connectivity index (χ1) is 11.7. The van der Waals surface area contributed by atoms with Crippen LogP contribution in [0.15, 0.2) is 42.6 Å². The van der Waals surface area contributed by atoms with Crippen molar-refractivity contribution in [2.24, 2.45) is 0 Å². The normalized spacial score (nSPS) is 15.0. The Balaban J connectivity index is 1.44. The molecule has 2 aromatic heterocycles. The van der Waals surface area contributed by atoms with Crippen molar-refractivity contribution in [1.29, 1.82) is 0 Å². The number of halogens is 1. The third kappa shape index (κ3) is 2.80. The fourth-order valence-corrected chi connectivity index (χ4v) is 2.99. The summed E-state index contributed by atoms with van der Waals surface area (Å²) in [6, 6.07) is 11.3. The third-order valence-electron chi connectivity index (χ3n) is 4.19. The summed E-state index contributed by atoms with van der Waals surface area (Å²) in [5, 5.41) is 0.529. The van der Waals surface area contributed by atoms with Gasteiger partial charge in [0.25, 0.3) is 5.91 Å². The van der Waals surface area contributed by atoms with Crippen LogP contribution < -0.4 is 4.90 Å². The van der Waals surface area contributed by atoms with Crippen LogP contribution in [0.25, 0.3) is 11.0 Å². The van der Waals surface area contributed by atoms with Crippen LogP contribution in [0.1, 0.15) is 10.5 Å². The second kappa shape index (κ2) is 6.13. The van der Waals surface area contributed by atoms with E-state index in [4.69, 9.17) is 11.6 Å². The molecule has 7 heteroatoms. The summed E-state index contributed by atoms with van der Waals surface area (Å²) in [7, 11) is 0. The lowest BCUT2D eigenvalue weighted by Crippen LogP contribution is -2.49. The zero-order valence-corrected chi connectivity index (χ0v) is 13.7. The van der Waals surface area contributed by atoms with E-state index in [0.29, 0.717) is 23.8 Å². The number of nitrogens with one attached hydrogen (secondary N) is 1. The van der Waals surface area contributed by atoms with E-state index in [1.54, 1.807) is 12.1 Å². The molecule has 122 valence electrons. The summed E-state index contributed by atoms with van der Waals surface area (Å²) in [4.78, 5) is 28.5. The first kappa shape index (κ1) is 15.0. The van der Waals surface area contributed by atoms with Gasteiger partial charge in [-0.05, 0) is 24.3 Å². The molecule has 0 spiro atoms. The monoisotopic (exact) mass is 341 g/mol. The molecule has 6 nitrogen and oxygen atoms in total. The van der Waals surface area contributed by atoms with Crippen LogP contribution in [0.2, 0.25) is 5.02 Å². The number of amides is 1. The number of hydrogen-bond acceptors (Lipinski definition) is 4. The average Bonchev–Trinajstić information content (AvgIpc) is 3.06. The van der Waals surface area contributed by atoms with E-state index in [1.165, 1.54) is 6.20 Å². The molecule has 3 aromatic rings. The van der Waals surface area contributed by atoms with Gasteiger partial charge in [-0.25, -0.2) is 9.97 Å². The fraction of sp³-hybridized carbons (Fsp3) is 0.235. The number of hydrogen-bond donors (Lipinski definition) is 1. The maximum atomic E-state index is 12.5. The van der Waals surface area contributed by atoms with Crippen LogP contribution in [0, 0.1) is 0 Å². The summed E-state index contributed by atoms with van der Waals surface area (Å²) in [5.74, 6) is 0.795. The minimum atomic E-state index is -0.0593. The van der Waals surface area contributed by atoms with E-state index >= 15 is 0 Å². The Morgan fingerprint density at radius 3 is 2.58 bits per heavy atom. The minimum Gasteiger partial charge on any atom is -0.339 e. The highest BCUT2D eigenvalue weighted by Gasteiger charge is 2.24. The number of H-pyrrole nitrogens is 1. The standard InChI is InChI=1S/C17H16ClN5O/c18-12-5-6-15(19-11-12)16(24)22-7-9-23(10-8-22)17-20-13-3-1-2-4-14(13)21-17/h1-6,11H,7-10H2,(H,20,21). The maximum Gasteiger partial charge on any atom is 0.272 e. The summed E-state index contributed by atoms with van der Waals surface area (Å²) >= 11 is 5.82. The second-order valence-corrected chi connectivity index (χ2v) is 6.15. The molecule has 24 heavy (non-hydrogen) atoms. The predicted octanol–water partition coefficient (Wildman–Crippen LogP) is 2.57. The summed E-state index contributed by atoms with van der Waals surface area (Å²) in [6.45, 7) is 2.75. The highest BCUT2D eigenvalue weighted by molar-refractivity contribution is 6.30. The quantitative estimate of drug-likeness (QED) is 0.778. The lowest BCUT2D eigenvalue weighted by atomic mass is 10.2. The SMILES string of the molecule is O=C(c1ccc(Cl)cn1)N1CCN(c2nc3ccccc3[nH]2)CC1. The number of aromatic amines is 1. The van der Waals surface area contributed by atoms with E-state index in [1.807, 2.05) is 29.2 Å². The van der Waals surface area contributed by atoms with E-state index in [0.717, 1.165) is 30.1 Å². The first-order valence-corrected chi connectivity index (χ1v) is 8.19. The lowest BCUT2D eigenvalue weighted by molar-refractivity contribution is 0.0740. The van der Waals surface area contributed by atoms with Gasteiger partial charge < -0.3 is 14.8 Å². The molecule has 0 radical (unpaired) electrons. The van der Waals surface area contributed by atoms with Crippen LogP contribution in [0.4, 0.5) is 5.95 Å². The number of nitrogens with zero attached hydrogens (tertiary/aromatic N) is 4. The van der Waals surface area contributed by atoms with Crippen LogP contribution in [0.3, 0.4) is 0 Å². The number of benzene rings is 1. The predicted molar refractivity (Wildman–Crippen MR) is 93.5 cm³/mol. The number of rotatable bonds is 2. The van der Waals surface area contributed by atoms with Gasteiger partial charge in [0.1, 0.15) is 5.69 Å². The maximum absolute atomic E-state index is 12.5. The number of anilines is 1. The Labute approximate surface area is 144 Å². The summed E-state index contributed by atoms with van der Waals surface area (Å²) in [5.41, 5.74) is 2.41.